The van der Waals surface area contributed by atoms with Gasteiger partial charge in [0.1, 0.15) is 5.82 Å². The van der Waals surface area contributed by atoms with Crippen molar-refractivity contribution in [2.45, 2.75) is 63.7 Å². The van der Waals surface area contributed by atoms with Gasteiger partial charge in [0.05, 0.1) is 23.4 Å². The monoisotopic (exact) mass is 567 g/mol. The Morgan fingerprint density at radius 1 is 1.05 bits per heavy atom. The molecule has 0 saturated heterocycles. The highest BCUT2D eigenvalue weighted by atomic mass is 32.2. The summed E-state index contributed by atoms with van der Waals surface area (Å²) in [5, 5.41) is 4.25. The van der Waals surface area contributed by atoms with Crippen molar-refractivity contribution in [3.05, 3.63) is 47.9 Å². The van der Waals surface area contributed by atoms with Gasteiger partial charge in [-0.25, -0.2) is 22.8 Å². The molecule has 0 aliphatic heterocycles. The first-order valence-corrected chi connectivity index (χ1v) is 14.6. The lowest BCUT2D eigenvalue weighted by Crippen LogP contribution is -2.36. The van der Waals surface area contributed by atoms with Crippen molar-refractivity contribution in [2.24, 2.45) is 0 Å². The largest absolute Gasteiger partial charge is 0.390 e. The van der Waals surface area contributed by atoms with Crippen molar-refractivity contribution in [1.29, 1.82) is 0 Å². The topological polar surface area (TPSA) is 87.2 Å². The lowest BCUT2D eigenvalue weighted by atomic mass is 9.90. The molecule has 1 aliphatic rings. The van der Waals surface area contributed by atoms with Crippen LogP contribution in [0.25, 0.3) is 22.0 Å². The highest BCUT2D eigenvalue weighted by Crippen LogP contribution is 2.31. The second-order valence-corrected chi connectivity index (χ2v) is 12.1. The van der Waals surface area contributed by atoms with Crippen LogP contribution in [0.2, 0.25) is 0 Å². The number of sulfonamides is 1. The molecule has 0 amide bonds. The molecule has 7 nitrogen and oxygen atoms in total. The van der Waals surface area contributed by atoms with Gasteiger partial charge in [-0.3, -0.25) is 4.72 Å². The van der Waals surface area contributed by atoms with Crippen LogP contribution in [-0.4, -0.2) is 61.4 Å². The number of alkyl halides is 3. The number of aromatic nitrogens is 2. The van der Waals surface area contributed by atoms with Crippen LogP contribution in [0.4, 0.5) is 29.2 Å². The van der Waals surface area contributed by atoms with Crippen LogP contribution in [0.1, 0.15) is 44.6 Å². The van der Waals surface area contributed by atoms with E-state index in [1.54, 1.807) is 6.20 Å². The Hall–Kier alpha value is -2.99. The number of nitrogens with one attached hydrogen (secondary N) is 2. The van der Waals surface area contributed by atoms with Crippen LogP contribution < -0.4 is 10.0 Å². The Morgan fingerprint density at radius 2 is 1.77 bits per heavy atom. The summed E-state index contributed by atoms with van der Waals surface area (Å²) in [6, 6.07) is 8.54. The van der Waals surface area contributed by atoms with Gasteiger partial charge in [0.2, 0.25) is 16.0 Å². The van der Waals surface area contributed by atoms with Crippen molar-refractivity contribution in [1.82, 2.24) is 14.9 Å². The molecule has 1 heterocycles. The van der Waals surface area contributed by atoms with E-state index in [1.807, 2.05) is 23.8 Å². The number of aryl methyl sites for hydroxylation is 1. The van der Waals surface area contributed by atoms with Gasteiger partial charge in [-0.2, -0.15) is 13.2 Å². The summed E-state index contributed by atoms with van der Waals surface area (Å²) in [5.41, 5.74) is 2.52. The number of hydrogen-bond acceptors (Lipinski definition) is 6. The summed E-state index contributed by atoms with van der Waals surface area (Å²) in [7, 11) is -0.145. The number of nitrogens with zero attached hydrogens (tertiary/aromatic N) is 3. The fourth-order valence-electron chi connectivity index (χ4n) is 4.89. The van der Waals surface area contributed by atoms with E-state index >= 15 is 0 Å². The molecule has 0 atom stereocenters. The number of rotatable bonds is 9. The van der Waals surface area contributed by atoms with Crippen molar-refractivity contribution < 1.29 is 26.0 Å². The van der Waals surface area contributed by atoms with Crippen LogP contribution in [0.5, 0.6) is 0 Å². The minimum absolute atomic E-state index is 0.315. The number of hydrogen-bond donors (Lipinski definition) is 2. The molecule has 1 aliphatic carbocycles. The van der Waals surface area contributed by atoms with E-state index in [1.165, 1.54) is 12.1 Å². The Morgan fingerprint density at radius 3 is 2.38 bits per heavy atom. The maximum absolute atomic E-state index is 14.8. The van der Waals surface area contributed by atoms with Crippen LogP contribution in [-0.2, 0) is 16.4 Å². The van der Waals surface area contributed by atoms with Crippen molar-refractivity contribution >= 4 is 32.6 Å². The number of halogens is 4. The smallest absolute Gasteiger partial charge is 0.351 e. The molecule has 0 spiro atoms. The van der Waals surface area contributed by atoms with E-state index in [0.29, 0.717) is 35.6 Å². The standard InChI is InChI=1S/C27H33F4N5O2S/c1-4-17-13-19(18-5-10-24(23(28)15-18)35-39(37,38)12-11-27(29,30)31)14-20-16-32-26(34-25(17)20)33-21-6-8-22(9-7-21)36(2)3/h5,10,13-16,21-22,35H,4,6-9,11-12H2,1-3H3,(H,32,33,34). The second kappa shape index (κ2) is 11.6. The fourth-order valence-corrected chi connectivity index (χ4v) is 5.99. The summed E-state index contributed by atoms with van der Waals surface area (Å²) < 4.78 is 77.9. The van der Waals surface area contributed by atoms with E-state index in [0.717, 1.165) is 48.2 Å². The Labute approximate surface area is 226 Å². The molecule has 212 valence electrons. The summed E-state index contributed by atoms with van der Waals surface area (Å²) in [6.45, 7) is 2.00. The number of anilines is 2. The first-order valence-electron chi connectivity index (χ1n) is 12.9. The van der Waals surface area contributed by atoms with E-state index < -0.39 is 39.9 Å². The van der Waals surface area contributed by atoms with Crippen molar-refractivity contribution in [2.75, 3.05) is 29.9 Å². The zero-order valence-corrected chi connectivity index (χ0v) is 23.0. The normalized spacial score (nSPS) is 18.5. The number of fused-ring (bicyclic) bond motifs is 1. The van der Waals surface area contributed by atoms with Gasteiger partial charge in [0, 0.05) is 23.7 Å². The maximum Gasteiger partial charge on any atom is 0.390 e. The summed E-state index contributed by atoms with van der Waals surface area (Å²) in [4.78, 5) is 11.5. The van der Waals surface area contributed by atoms with Gasteiger partial charge in [0.25, 0.3) is 0 Å². The van der Waals surface area contributed by atoms with Gasteiger partial charge in [-0.1, -0.05) is 13.0 Å². The lowest BCUT2D eigenvalue weighted by Gasteiger charge is -2.32. The molecule has 0 radical (unpaired) electrons. The maximum atomic E-state index is 14.8. The first-order chi connectivity index (χ1) is 18.3. The molecule has 39 heavy (non-hydrogen) atoms. The van der Waals surface area contributed by atoms with E-state index in [2.05, 4.69) is 29.3 Å². The third-order valence-corrected chi connectivity index (χ3v) is 8.40. The molecule has 0 unspecified atom stereocenters. The molecular weight excluding hydrogens is 534 g/mol. The van der Waals surface area contributed by atoms with Crippen LogP contribution in [0.15, 0.2) is 36.5 Å². The summed E-state index contributed by atoms with van der Waals surface area (Å²) in [5.74, 6) is -1.50. The van der Waals surface area contributed by atoms with Crippen molar-refractivity contribution in [3.8, 4) is 11.1 Å². The average molecular weight is 568 g/mol. The quantitative estimate of drug-likeness (QED) is 0.310. The third kappa shape index (κ3) is 7.57. The van der Waals surface area contributed by atoms with E-state index in [9.17, 15) is 26.0 Å². The average Bonchev–Trinajstić information content (AvgIpc) is 2.88. The van der Waals surface area contributed by atoms with Crippen molar-refractivity contribution in [3.63, 3.8) is 0 Å². The van der Waals surface area contributed by atoms with Crippen LogP contribution in [0, 0.1) is 5.82 Å². The predicted molar refractivity (Wildman–Crippen MR) is 146 cm³/mol. The minimum atomic E-state index is -4.63. The molecular formula is C27H33F4N5O2S. The van der Waals surface area contributed by atoms with Crippen LogP contribution >= 0.6 is 0 Å². The molecule has 0 bridgehead atoms. The van der Waals surface area contributed by atoms with Crippen LogP contribution in [0.3, 0.4) is 0 Å². The van der Waals surface area contributed by atoms with Gasteiger partial charge < -0.3 is 10.2 Å². The highest BCUT2D eigenvalue weighted by Gasteiger charge is 2.30. The van der Waals surface area contributed by atoms with Gasteiger partial charge >= 0.3 is 6.18 Å². The highest BCUT2D eigenvalue weighted by molar-refractivity contribution is 7.92. The van der Waals surface area contributed by atoms with E-state index in [4.69, 9.17) is 4.98 Å². The lowest BCUT2D eigenvalue weighted by molar-refractivity contribution is -0.129. The minimum Gasteiger partial charge on any atom is -0.351 e. The zero-order chi connectivity index (χ0) is 28.4. The second-order valence-electron chi connectivity index (χ2n) is 10.2. The molecule has 3 aromatic rings. The predicted octanol–water partition coefficient (Wildman–Crippen LogP) is 5.98. The SMILES string of the molecule is CCc1cc(-c2ccc(NS(=O)(=O)CCC(F)(F)F)c(F)c2)cc2cnc(NC3CCC(N(C)C)CC3)nc12. The summed E-state index contributed by atoms with van der Waals surface area (Å²) in [6.07, 6.45) is 0.588. The third-order valence-electron chi connectivity index (χ3n) is 7.13. The molecule has 1 fully saturated rings. The first kappa shape index (κ1) is 29.0. The summed E-state index contributed by atoms with van der Waals surface area (Å²) >= 11 is 0. The Kier molecular flexibility index (Phi) is 8.65. The molecule has 2 N–H and O–H groups in total. The zero-order valence-electron chi connectivity index (χ0n) is 22.1. The van der Waals surface area contributed by atoms with E-state index in [-0.39, 0.29) is 0 Å². The Bertz CT molecular complexity index is 1420. The number of benzene rings is 2. The Balaban J connectivity index is 1.52. The fraction of sp³-hybridized carbons (Fsp3) is 0.481. The molecule has 12 heteroatoms. The van der Waals surface area contributed by atoms with Gasteiger partial charge in [-0.05, 0) is 87.2 Å². The molecule has 4 rings (SSSR count). The molecule has 1 saturated carbocycles. The molecule has 2 aromatic carbocycles. The van der Waals surface area contributed by atoms with Gasteiger partial charge in [-0.15, -0.1) is 0 Å². The van der Waals surface area contributed by atoms with Gasteiger partial charge in [0.15, 0.2) is 0 Å². The molecule has 1 aromatic heterocycles.